The average molecular weight is 280 g/mol. The van der Waals surface area contributed by atoms with Gasteiger partial charge in [0.15, 0.2) is 0 Å². The minimum atomic E-state index is -0.138. The molecule has 0 aliphatic carbocycles. The monoisotopic (exact) mass is 280 g/mol. The molecule has 0 saturated carbocycles. The van der Waals surface area contributed by atoms with Gasteiger partial charge in [0.1, 0.15) is 10.8 Å². The first-order valence-corrected chi connectivity index (χ1v) is 8.06. The van der Waals surface area contributed by atoms with Crippen LogP contribution in [0.3, 0.4) is 0 Å². The zero-order valence-corrected chi connectivity index (χ0v) is 13.0. The molecule has 1 aromatic heterocycles. The molecule has 2 heterocycles. The van der Waals surface area contributed by atoms with Crippen LogP contribution in [0.2, 0.25) is 0 Å². The average Bonchev–Trinajstić information content (AvgIpc) is 2.69. The lowest BCUT2D eigenvalue weighted by molar-refractivity contribution is -0.129. The summed E-state index contributed by atoms with van der Waals surface area (Å²) >= 11 is 1.67. The molecule has 0 spiro atoms. The molecule has 3 nitrogen and oxygen atoms in total. The molecule has 0 bridgehead atoms. The Labute approximate surface area is 119 Å². The van der Waals surface area contributed by atoms with E-state index < -0.39 is 0 Å². The van der Waals surface area contributed by atoms with Crippen LogP contribution in [0.15, 0.2) is 0 Å². The van der Waals surface area contributed by atoms with Gasteiger partial charge >= 0.3 is 0 Å². The van der Waals surface area contributed by atoms with Crippen LogP contribution >= 0.6 is 11.3 Å². The first kappa shape index (κ1) is 14.7. The molecule has 0 amide bonds. The van der Waals surface area contributed by atoms with Gasteiger partial charge in [0.2, 0.25) is 0 Å². The van der Waals surface area contributed by atoms with Crippen molar-refractivity contribution < 1.29 is 4.79 Å². The molecule has 1 N–H and O–H groups in total. The second kappa shape index (κ2) is 6.14. The van der Waals surface area contributed by atoms with Gasteiger partial charge in [0.05, 0.1) is 12.1 Å². The molecule has 106 valence electrons. The number of hydrogen-bond acceptors (Lipinski definition) is 4. The molecule has 0 aromatic carbocycles. The summed E-state index contributed by atoms with van der Waals surface area (Å²) in [5.41, 5.74) is 0.930. The molecule has 1 fully saturated rings. The van der Waals surface area contributed by atoms with E-state index >= 15 is 0 Å². The van der Waals surface area contributed by atoms with Crippen LogP contribution in [0.1, 0.15) is 48.2 Å². The third kappa shape index (κ3) is 3.23. The quantitative estimate of drug-likeness (QED) is 0.901. The van der Waals surface area contributed by atoms with Crippen molar-refractivity contribution in [2.45, 2.75) is 52.9 Å². The Balaban J connectivity index is 2.11. The summed E-state index contributed by atoms with van der Waals surface area (Å²) in [5, 5.41) is 4.39. The minimum Gasteiger partial charge on any atom is -0.316 e. The summed E-state index contributed by atoms with van der Waals surface area (Å²) < 4.78 is 0. The van der Waals surface area contributed by atoms with Crippen molar-refractivity contribution in [3.63, 3.8) is 0 Å². The molecule has 4 heteroatoms. The number of rotatable bonds is 5. The summed E-state index contributed by atoms with van der Waals surface area (Å²) in [6.45, 7) is 8.16. The Kier molecular flexibility index (Phi) is 4.74. The van der Waals surface area contributed by atoms with Crippen LogP contribution in [0, 0.1) is 19.3 Å². The zero-order valence-electron chi connectivity index (χ0n) is 12.2. The third-order valence-electron chi connectivity index (χ3n) is 4.18. The van der Waals surface area contributed by atoms with Crippen molar-refractivity contribution in [2.75, 3.05) is 13.1 Å². The van der Waals surface area contributed by atoms with E-state index in [4.69, 9.17) is 0 Å². The second-order valence-electron chi connectivity index (χ2n) is 5.66. The normalized spacial score (nSPS) is 23.5. The fraction of sp³-hybridized carbons (Fsp3) is 0.733. The fourth-order valence-electron chi connectivity index (χ4n) is 2.98. The van der Waals surface area contributed by atoms with E-state index in [-0.39, 0.29) is 5.41 Å². The van der Waals surface area contributed by atoms with Gasteiger partial charge in [-0.25, -0.2) is 4.98 Å². The SMILES string of the molecule is CCCC1(C(=O)Cc2nc(C)c(C)s2)CCCNC1. The number of Topliss-reactive ketones (excluding diaryl/α,β-unsaturated/α-hetero) is 1. The van der Waals surface area contributed by atoms with Gasteiger partial charge in [-0.3, -0.25) is 4.79 Å². The summed E-state index contributed by atoms with van der Waals surface area (Å²) in [4.78, 5) is 18.5. The Bertz CT molecular complexity index is 422. The number of nitrogens with one attached hydrogen (secondary N) is 1. The molecule has 1 unspecified atom stereocenters. The molecular formula is C15H24N2OS. The van der Waals surface area contributed by atoms with Crippen molar-refractivity contribution in [1.29, 1.82) is 0 Å². The zero-order chi connectivity index (χ0) is 13.9. The maximum absolute atomic E-state index is 12.7. The fourth-order valence-corrected chi connectivity index (χ4v) is 3.91. The van der Waals surface area contributed by atoms with E-state index in [2.05, 4.69) is 24.1 Å². The summed E-state index contributed by atoms with van der Waals surface area (Å²) in [7, 11) is 0. The molecule has 1 aromatic rings. The minimum absolute atomic E-state index is 0.138. The number of carbonyl (C=O) groups excluding carboxylic acids is 1. The number of carbonyl (C=O) groups is 1. The van der Waals surface area contributed by atoms with Gasteiger partial charge in [-0.05, 0) is 39.7 Å². The van der Waals surface area contributed by atoms with Gasteiger partial charge in [-0.1, -0.05) is 13.3 Å². The van der Waals surface area contributed by atoms with Crippen LogP contribution in [-0.4, -0.2) is 23.9 Å². The van der Waals surface area contributed by atoms with Gasteiger partial charge in [-0.2, -0.15) is 0 Å². The van der Waals surface area contributed by atoms with Crippen LogP contribution in [-0.2, 0) is 11.2 Å². The first-order chi connectivity index (χ1) is 9.07. The second-order valence-corrected chi connectivity index (χ2v) is 6.95. The summed E-state index contributed by atoms with van der Waals surface area (Å²) in [5.74, 6) is 0.385. The van der Waals surface area contributed by atoms with E-state index in [1.165, 1.54) is 4.88 Å². The third-order valence-corrected chi connectivity index (χ3v) is 5.25. The Morgan fingerprint density at radius 3 is 2.79 bits per heavy atom. The van der Waals surface area contributed by atoms with E-state index in [9.17, 15) is 4.79 Å². The Morgan fingerprint density at radius 2 is 2.26 bits per heavy atom. The van der Waals surface area contributed by atoms with E-state index in [0.717, 1.165) is 49.5 Å². The van der Waals surface area contributed by atoms with Crippen molar-refractivity contribution in [1.82, 2.24) is 10.3 Å². The van der Waals surface area contributed by atoms with Gasteiger partial charge in [0, 0.05) is 16.8 Å². The molecule has 2 rings (SSSR count). The number of ketones is 1. The number of nitrogens with zero attached hydrogens (tertiary/aromatic N) is 1. The largest absolute Gasteiger partial charge is 0.316 e. The molecule has 1 aliphatic rings. The Hall–Kier alpha value is -0.740. The Morgan fingerprint density at radius 1 is 1.47 bits per heavy atom. The predicted molar refractivity (Wildman–Crippen MR) is 79.7 cm³/mol. The summed E-state index contributed by atoms with van der Waals surface area (Å²) in [6, 6.07) is 0. The maximum Gasteiger partial charge on any atom is 0.147 e. The predicted octanol–water partition coefficient (Wildman–Crippen LogP) is 3.04. The van der Waals surface area contributed by atoms with Crippen molar-refractivity contribution in [3.8, 4) is 0 Å². The van der Waals surface area contributed by atoms with E-state index in [0.29, 0.717) is 12.2 Å². The van der Waals surface area contributed by atoms with Crippen molar-refractivity contribution in [3.05, 3.63) is 15.6 Å². The highest BCUT2D eigenvalue weighted by molar-refractivity contribution is 7.11. The number of hydrogen-bond donors (Lipinski definition) is 1. The molecular weight excluding hydrogens is 256 g/mol. The summed E-state index contributed by atoms with van der Waals surface area (Å²) in [6.07, 6.45) is 4.74. The van der Waals surface area contributed by atoms with Crippen LogP contribution in [0.4, 0.5) is 0 Å². The highest BCUT2D eigenvalue weighted by atomic mass is 32.1. The lowest BCUT2D eigenvalue weighted by Gasteiger charge is -2.36. The van der Waals surface area contributed by atoms with Crippen molar-refractivity contribution in [2.24, 2.45) is 5.41 Å². The van der Waals surface area contributed by atoms with Gasteiger partial charge in [-0.15, -0.1) is 11.3 Å². The molecule has 19 heavy (non-hydrogen) atoms. The standard InChI is InChI=1S/C15H24N2OS/c1-4-6-15(7-5-8-16-10-15)13(18)9-14-17-11(2)12(3)19-14/h16H,4-10H2,1-3H3. The lowest BCUT2D eigenvalue weighted by atomic mass is 9.73. The van der Waals surface area contributed by atoms with Gasteiger partial charge in [0.25, 0.3) is 0 Å². The van der Waals surface area contributed by atoms with E-state index in [1.54, 1.807) is 11.3 Å². The number of aryl methyl sites for hydroxylation is 2. The van der Waals surface area contributed by atoms with Gasteiger partial charge < -0.3 is 5.32 Å². The molecule has 1 aliphatic heterocycles. The van der Waals surface area contributed by atoms with Crippen LogP contribution in [0.25, 0.3) is 0 Å². The highest BCUT2D eigenvalue weighted by Crippen LogP contribution is 2.34. The number of piperidine rings is 1. The number of aromatic nitrogens is 1. The smallest absolute Gasteiger partial charge is 0.147 e. The maximum atomic E-state index is 12.7. The first-order valence-electron chi connectivity index (χ1n) is 7.24. The van der Waals surface area contributed by atoms with Crippen LogP contribution in [0.5, 0.6) is 0 Å². The van der Waals surface area contributed by atoms with E-state index in [1.807, 2.05) is 6.92 Å². The highest BCUT2D eigenvalue weighted by Gasteiger charge is 2.38. The molecule has 1 atom stereocenters. The van der Waals surface area contributed by atoms with Crippen LogP contribution < -0.4 is 5.32 Å². The number of thiazole rings is 1. The molecule has 0 radical (unpaired) electrons. The topological polar surface area (TPSA) is 42.0 Å². The van der Waals surface area contributed by atoms with Crippen molar-refractivity contribution >= 4 is 17.1 Å². The lowest BCUT2D eigenvalue weighted by Crippen LogP contribution is -2.46. The molecule has 1 saturated heterocycles.